The summed E-state index contributed by atoms with van der Waals surface area (Å²) in [7, 11) is 0. The molecule has 3 aromatic rings. The highest BCUT2D eigenvalue weighted by Crippen LogP contribution is 2.28. The molecule has 27 heavy (non-hydrogen) atoms. The van der Waals surface area contributed by atoms with Crippen LogP contribution in [0.5, 0.6) is 5.75 Å². The first-order valence-corrected chi connectivity index (χ1v) is 10.1. The fourth-order valence-corrected chi connectivity index (χ4v) is 3.80. The molecule has 0 spiro atoms. The third-order valence-electron chi connectivity index (χ3n) is 3.53. The van der Waals surface area contributed by atoms with Crippen LogP contribution in [0.25, 0.3) is 9.88 Å². The summed E-state index contributed by atoms with van der Waals surface area (Å²) in [5, 5.41) is 7.04. The van der Waals surface area contributed by atoms with E-state index in [1.165, 1.54) is 18.3 Å². The molecule has 1 N–H and O–H groups in total. The summed E-state index contributed by atoms with van der Waals surface area (Å²) in [4.78, 5) is 29.8. The Morgan fingerprint density at radius 2 is 1.96 bits per heavy atom. The molecule has 0 radical (unpaired) electrons. The fourth-order valence-electron chi connectivity index (χ4n) is 2.20. The molecule has 8 heteroatoms. The Kier molecular flexibility index (Phi) is 6.20. The van der Waals surface area contributed by atoms with Gasteiger partial charge in [-0.05, 0) is 49.6 Å². The Hall–Kier alpha value is -2.71. The van der Waals surface area contributed by atoms with Gasteiger partial charge in [0.05, 0.1) is 11.5 Å². The molecule has 1 amide bonds. The van der Waals surface area contributed by atoms with Crippen LogP contribution in [0.2, 0.25) is 0 Å². The fraction of sp³-hybridized carbons (Fsp3) is 0.211. The largest absolute Gasteiger partial charge is 0.494 e. The van der Waals surface area contributed by atoms with Crippen LogP contribution < -0.4 is 10.1 Å². The van der Waals surface area contributed by atoms with Crippen LogP contribution in [-0.2, 0) is 9.53 Å². The SMILES string of the molecule is CCOc1ccc(NC(=O)[C@@H](C)OC(=O)c2csc(-c3cccs3)n2)cc1. The molecule has 2 heterocycles. The number of thiophene rings is 1. The Bertz CT molecular complexity index is 904. The number of nitrogens with zero attached hydrogens (tertiary/aromatic N) is 1. The molecule has 0 aliphatic carbocycles. The molecule has 0 fully saturated rings. The lowest BCUT2D eigenvalue weighted by atomic mass is 10.3. The zero-order chi connectivity index (χ0) is 19.2. The molecule has 0 bridgehead atoms. The van der Waals surface area contributed by atoms with E-state index < -0.39 is 18.0 Å². The molecule has 0 aliphatic heterocycles. The van der Waals surface area contributed by atoms with Crippen molar-refractivity contribution < 1.29 is 19.1 Å². The number of ether oxygens (including phenoxy) is 2. The van der Waals surface area contributed by atoms with E-state index in [-0.39, 0.29) is 5.69 Å². The van der Waals surface area contributed by atoms with Gasteiger partial charge in [0, 0.05) is 11.1 Å². The van der Waals surface area contributed by atoms with Crippen molar-refractivity contribution in [2.75, 3.05) is 11.9 Å². The third kappa shape index (κ3) is 4.93. The van der Waals surface area contributed by atoms with Crippen LogP contribution >= 0.6 is 22.7 Å². The molecule has 0 saturated heterocycles. The highest BCUT2D eigenvalue weighted by atomic mass is 32.1. The maximum absolute atomic E-state index is 12.2. The average Bonchev–Trinajstić information content (AvgIpc) is 3.35. The van der Waals surface area contributed by atoms with E-state index in [2.05, 4.69) is 10.3 Å². The first-order valence-electron chi connectivity index (χ1n) is 8.31. The van der Waals surface area contributed by atoms with Crippen LogP contribution in [-0.4, -0.2) is 29.6 Å². The van der Waals surface area contributed by atoms with Gasteiger partial charge in [0.15, 0.2) is 11.8 Å². The van der Waals surface area contributed by atoms with Gasteiger partial charge in [-0.15, -0.1) is 22.7 Å². The lowest BCUT2D eigenvalue weighted by molar-refractivity contribution is -0.123. The van der Waals surface area contributed by atoms with E-state index in [0.29, 0.717) is 12.3 Å². The number of amides is 1. The van der Waals surface area contributed by atoms with Gasteiger partial charge in [0.25, 0.3) is 5.91 Å². The molecule has 140 valence electrons. The van der Waals surface area contributed by atoms with Crippen LogP contribution in [0.4, 0.5) is 5.69 Å². The molecule has 0 unspecified atom stereocenters. The normalized spacial score (nSPS) is 11.6. The first-order chi connectivity index (χ1) is 13.1. The van der Waals surface area contributed by atoms with Crippen molar-refractivity contribution in [1.82, 2.24) is 4.98 Å². The Balaban J connectivity index is 1.56. The number of carbonyl (C=O) groups excluding carboxylic acids is 2. The van der Waals surface area contributed by atoms with Crippen LogP contribution in [0.1, 0.15) is 24.3 Å². The van der Waals surface area contributed by atoms with Crippen molar-refractivity contribution in [3.63, 3.8) is 0 Å². The number of anilines is 1. The molecule has 1 atom stereocenters. The molecule has 1 aromatic carbocycles. The van der Waals surface area contributed by atoms with Gasteiger partial charge in [-0.2, -0.15) is 0 Å². The van der Waals surface area contributed by atoms with E-state index in [0.717, 1.165) is 15.6 Å². The van der Waals surface area contributed by atoms with Gasteiger partial charge in [0.1, 0.15) is 10.8 Å². The smallest absolute Gasteiger partial charge is 0.358 e. The Labute approximate surface area is 164 Å². The minimum Gasteiger partial charge on any atom is -0.494 e. The van der Waals surface area contributed by atoms with E-state index in [1.54, 1.807) is 41.0 Å². The quantitative estimate of drug-likeness (QED) is 0.591. The lowest BCUT2D eigenvalue weighted by Gasteiger charge is -2.13. The maximum Gasteiger partial charge on any atom is 0.358 e. The van der Waals surface area contributed by atoms with Crippen molar-refractivity contribution in [2.24, 2.45) is 0 Å². The number of nitrogens with one attached hydrogen (secondary N) is 1. The highest BCUT2D eigenvalue weighted by Gasteiger charge is 2.21. The monoisotopic (exact) mass is 402 g/mol. The second-order valence-electron chi connectivity index (χ2n) is 5.51. The van der Waals surface area contributed by atoms with E-state index in [4.69, 9.17) is 9.47 Å². The number of hydrogen-bond donors (Lipinski definition) is 1. The molecule has 0 aliphatic rings. The summed E-state index contributed by atoms with van der Waals surface area (Å²) in [6.07, 6.45) is -0.948. The minimum atomic E-state index is -0.948. The number of benzene rings is 1. The average molecular weight is 402 g/mol. The second kappa shape index (κ2) is 8.79. The van der Waals surface area contributed by atoms with E-state index >= 15 is 0 Å². The number of hydrogen-bond acceptors (Lipinski definition) is 7. The van der Waals surface area contributed by atoms with E-state index in [1.807, 2.05) is 24.4 Å². The number of esters is 1. The topological polar surface area (TPSA) is 77.5 Å². The van der Waals surface area contributed by atoms with Gasteiger partial charge in [-0.25, -0.2) is 9.78 Å². The minimum absolute atomic E-state index is 0.198. The Morgan fingerprint density at radius 3 is 2.63 bits per heavy atom. The summed E-state index contributed by atoms with van der Waals surface area (Å²) in [5.74, 6) is -0.315. The van der Waals surface area contributed by atoms with Crippen LogP contribution in [0.3, 0.4) is 0 Å². The standard InChI is InChI=1S/C19H18N2O4S2/c1-3-24-14-8-6-13(7-9-14)20-17(22)12(2)25-19(23)15-11-27-18(21-15)16-5-4-10-26-16/h4-12H,3H2,1-2H3,(H,20,22)/t12-/m1/s1. The second-order valence-corrected chi connectivity index (χ2v) is 7.32. The van der Waals surface area contributed by atoms with Crippen molar-refractivity contribution >= 4 is 40.2 Å². The molecule has 0 saturated carbocycles. The van der Waals surface area contributed by atoms with Crippen LogP contribution in [0, 0.1) is 0 Å². The lowest BCUT2D eigenvalue weighted by Crippen LogP contribution is -2.30. The van der Waals surface area contributed by atoms with Gasteiger partial charge >= 0.3 is 5.97 Å². The van der Waals surface area contributed by atoms with Gasteiger partial charge < -0.3 is 14.8 Å². The number of aromatic nitrogens is 1. The van der Waals surface area contributed by atoms with Crippen molar-refractivity contribution in [2.45, 2.75) is 20.0 Å². The molecule has 2 aromatic heterocycles. The van der Waals surface area contributed by atoms with Gasteiger partial charge in [-0.1, -0.05) is 6.07 Å². The highest BCUT2D eigenvalue weighted by molar-refractivity contribution is 7.20. The number of carbonyl (C=O) groups is 2. The van der Waals surface area contributed by atoms with Gasteiger partial charge in [0.2, 0.25) is 0 Å². The van der Waals surface area contributed by atoms with Crippen molar-refractivity contribution in [3.8, 4) is 15.6 Å². The van der Waals surface area contributed by atoms with Crippen molar-refractivity contribution in [1.29, 1.82) is 0 Å². The van der Waals surface area contributed by atoms with Gasteiger partial charge in [-0.3, -0.25) is 4.79 Å². The predicted octanol–water partition coefficient (Wildman–Crippen LogP) is 4.45. The first kappa shape index (κ1) is 19.1. The summed E-state index contributed by atoms with van der Waals surface area (Å²) in [6, 6.07) is 10.8. The molecule has 3 rings (SSSR count). The Morgan fingerprint density at radius 1 is 1.19 bits per heavy atom. The molecular weight excluding hydrogens is 384 g/mol. The number of thiazole rings is 1. The van der Waals surface area contributed by atoms with E-state index in [9.17, 15) is 9.59 Å². The summed E-state index contributed by atoms with van der Waals surface area (Å²) < 4.78 is 10.6. The molecule has 6 nitrogen and oxygen atoms in total. The third-order valence-corrected chi connectivity index (χ3v) is 5.41. The van der Waals surface area contributed by atoms with Crippen LogP contribution in [0.15, 0.2) is 47.2 Å². The zero-order valence-electron chi connectivity index (χ0n) is 14.8. The summed E-state index contributed by atoms with van der Waals surface area (Å²) >= 11 is 2.91. The number of rotatable bonds is 7. The summed E-state index contributed by atoms with van der Waals surface area (Å²) in [5.41, 5.74) is 0.795. The van der Waals surface area contributed by atoms with Crippen molar-refractivity contribution in [3.05, 3.63) is 52.9 Å². The summed E-state index contributed by atoms with van der Waals surface area (Å²) in [6.45, 7) is 4.00. The predicted molar refractivity (Wildman–Crippen MR) is 107 cm³/mol. The zero-order valence-corrected chi connectivity index (χ0v) is 16.4. The maximum atomic E-state index is 12.2. The molecular formula is C19H18N2O4S2.